The fourth-order valence-corrected chi connectivity index (χ4v) is 1.78. The summed E-state index contributed by atoms with van der Waals surface area (Å²) in [5.41, 5.74) is 0.413. The van der Waals surface area contributed by atoms with Crippen molar-refractivity contribution in [3.8, 4) is 0 Å². The molecule has 1 aromatic rings. The molecule has 2 rings (SSSR count). The highest BCUT2D eigenvalue weighted by Crippen LogP contribution is 2.10. The monoisotopic (exact) mass is 210 g/mol. The molecule has 1 aliphatic rings. The number of piperazine rings is 1. The molecule has 2 heterocycles. The van der Waals surface area contributed by atoms with Gasteiger partial charge in [-0.1, -0.05) is 0 Å². The van der Waals surface area contributed by atoms with Crippen LogP contribution in [0.5, 0.6) is 0 Å². The highest BCUT2D eigenvalue weighted by molar-refractivity contribution is 5.41. The third-order valence-electron chi connectivity index (χ3n) is 2.77. The van der Waals surface area contributed by atoms with Crippen molar-refractivity contribution >= 4 is 5.82 Å². The van der Waals surface area contributed by atoms with E-state index in [1.165, 1.54) is 4.90 Å². The number of aromatic amines is 1. The molecule has 0 radical (unpaired) electrons. The van der Waals surface area contributed by atoms with Gasteiger partial charge in [-0.05, 0) is 6.92 Å². The van der Waals surface area contributed by atoms with Crippen LogP contribution in [-0.4, -0.2) is 48.4 Å². The Balaban J connectivity index is 2.22. The predicted octanol–water partition coefficient (Wildman–Crippen LogP) is -2.19. The van der Waals surface area contributed by atoms with Crippen LogP contribution in [0.3, 0.4) is 0 Å². The van der Waals surface area contributed by atoms with E-state index in [-0.39, 0.29) is 5.69 Å². The van der Waals surface area contributed by atoms with E-state index in [9.17, 15) is 4.79 Å². The summed E-state index contributed by atoms with van der Waals surface area (Å²) < 4.78 is 0. The van der Waals surface area contributed by atoms with Gasteiger partial charge in [0.05, 0.1) is 33.2 Å². The Kier molecular flexibility index (Phi) is 2.68. The quantitative estimate of drug-likeness (QED) is 0.552. The summed E-state index contributed by atoms with van der Waals surface area (Å²) in [6.45, 7) is 5.89. The molecule has 0 aromatic carbocycles. The first-order valence-corrected chi connectivity index (χ1v) is 5.16. The zero-order chi connectivity index (χ0) is 10.8. The first-order chi connectivity index (χ1) is 7.16. The third-order valence-corrected chi connectivity index (χ3v) is 2.77. The Morgan fingerprint density at radius 3 is 2.73 bits per heavy atom. The van der Waals surface area contributed by atoms with Crippen molar-refractivity contribution in [1.29, 1.82) is 0 Å². The minimum Gasteiger partial charge on any atom is -0.344 e. The van der Waals surface area contributed by atoms with Gasteiger partial charge in [0.2, 0.25) is 0 Å². The molecule has 82 valence electrons. The van der Waals surface area contributed by atoms with Crippen LogP contribution >= 0.6 is 0 Å². The number of rotatable bonds is 1. The fraction of sp³-hybridized carbons (Fsp3) is 0.667. The van der Waals surface area contributed by atoms with Gasteiger partial charge in [0.1, 0.15) is 5.69 Å². The maximum atomic E-state index is 11.1. The van der Waals surface area contributed by atoms with Crippen LogP contribution in [0.4, 0.5) is 5.82 Å². The number of hydrogen-bond acceptors (Lipinski definition) is 4. The normalized spacial score (nSPS) is 18.1. The topological polar surface area (TPSA) is 66.3 Å². The molecule has 15 heavy (non-hydrogen) atoms. The van der Waals surface area contributed by atoms with Gasteiger partial charge in [-0.25, -0.2) is 9.89 Å². The highest BCUT2D eigenvalue weighted by atomic mass is 16.1. The van der Waals surface area contributed by atoms with E-state index < -0.39 is 0 Å². The van der Waals surface area contributed by atoms with Crippen LogP contribution < -0.4 is 15.5 Å². The van der Waals surface area contributed by atoms with Gasteiger partial charge in [-0.3, -0.25) is 0 Å². The van der Waals surface area contributed by atoms with Crippen LogP contribution in [0.2, 0.25) is 0 Å². The number of H-pyrrole nitrogens is 1. The lowest BCUT2D eigenvalue weighted by molar-refractivity contribution is -0.880. The Morgan fingerprint density at radius 2 is 2.07 bits per heavy atom. The lowest BCUT2D eigenvalue weighted by Crippen LogP contribution is -3.12. The molecule has 0 spiro atoms. The molecule has 6 heteroatoms. The van der Waals surface area contributed by atoms with Gasteiger partial charge >= 0.3 is 5.69 Å². The molecule has 1 aromatic heterocycles. The second-order valence-electron chi connectivity index (χ2n) is 3.99. The highest BCUT2D eigenvalue weighted by Gasteiger charge is 2.20. The van der Waals surface area contributed by atoms with Gasteiger partial charge in [0.25, 0.3) is 0 Å². The lowest BCUT2D eigenvalue weighted by atomic mass is 10.3. The number of nitrogens with zero attached hydrogens (tertiary/aromatic N) is 3. The molecule has 1 saturated heterocycles. The summed E-state index contributed by atoms with van der Waals surface area (Å²) in [6.07, 6.45) is 0. The summed E-state index contributed by atoms with van der Waals surface area (Å²) in [7, 11) is 2.17. The van der Waals surface area contributed by atoms with E-state index in [1.54, 1.807) is 0 Å². The van der Waals surface area contributed by atoms with E-state index in [0.717, 1.165) is 37.7 Å². The first kappa shape index (κ1) is 10.1. The van der Waals surface area contributed by atoms with Crippen LogP contribution in [0.1, 0.15) is 5.69 Å². The molecular formula is C9H16N5O+. The van der Waals surface area contributed by atoms with Crippen LogP contribution in [0.25, 0.3) is 0 Å². The summed E-state index contributed by atoms with van der Waals surface area (Å²) in [5.74, 6) is 0.728. The van der Waals surface area contributed by atoms with Crippen molar-refractivity contribution in [1.82, 2.24) is 15.2 Å². The minimum atomic E-state index is -0.373. The molecule has 0 aliphatic carbocycles. The summed E-state index contributed by atoms with van der Waals surface area (Å²) in [6, 6.07) is 0. The zero-order valence-corrected chi connectivity index (χ0v) is 9.08. The second-order valence-corrected chi connectivity index (χ2v) is 3.99. The number of quaternary nitrogens is 1. The van der Waals surface area contributed by atoms with Crippen molar-refractivity contribution in [2.24, 2.45) is 0 Å². The predicted molar refractivity (Wildman–Crippen MR) is 56.2 cm³/mol. The molecule has 6 nitrogen and oxygen atoms in total. The van der Waals surface area contributed by atoms with Crippen molar-refractivity contribution < 1.29 is 4.90 Å². The number of likely N-dealkylation sites (N-methyl/N-ethyl adjacent to an activating group) is 1. The lowest BCUT2D eigenvalue weighted by Gasteiger charge is -2.30. The van der Waals surface area contributed by atoms with Crippen molar-refractivity contribution in [3.05, 3.63) is 16.2 Å². The first-order valence-electron chi connectivity index (χ1n) is 5.16. The number of anilines is 1. The van der Waals surface area contributed by atoms with Crippen molar-refractivity contribution in [3.63, 3.8) is 0 Å². The standard InChI is InChI=1S/C9H15N5O/c1-7-8(10-9(15)12-11-7)14-5-3-13(2)4-6-14/h3-6H2,1-2H3,(H,10,12,15)/p+1. The van der Waals surface area contributed by atoms with Gasteiger partial charge in [-0.15, -0.1) is 0 Å². The molecular weight excluding hydrogens is 194 g/mol. The minimum absolute atomic E-state index is 0.373. The van der Waals surface area contributed by atoms with E-state index in [1.807, 2.05) is 6.92 Å². The molecule has 2 N–H and O–H groups in total. The average molecular weight is 210 g/mol. The van der Waals surface area contributed by atoms with E-state index in [4.69, 9.17) is 0 Å². The molecule has 0 atom stereocenters. The molecule has 0 unspecified atom stereocenters. The SMILES string of the molecule is Cc1n[nH]c(=O)nc1N1CC[NH+](C)CC1. The second kappa shape index (κ2) is 3.98. The maximum Gasteiger partial charge on any atom is 0.363 e. The molecule has 1 aliphatic heterocycles. The molecule has 1 fully saturated rings. The van der Waals surface area contributed by atoms with Gasteiger partial charge in [0, 0.05) is 0 Å². The van der Waals surface area contributed by atoms with Gasteiger partial charge < -0.3 is 9.80 Å². The number of aryl methyl sites for hydroxylation is 1. The number of nitrogens with one attached hydrogen (secondary N) is 2. The Bertz CT molecular complexity index is 394. The Hall–Kier alpha value is -1.43. The number of hydrogen-bond donors (Lipinski definition) is 2. The van der Waals surface area contributed by atoms with E-state index in [2.05, 4.69) is 27.1 Å². The van der Waals surface area contributed by atoms with E-state index in [0.29, 0.717) is 0 Å². The fourth-order valence-electron chi connectivity index (χ4n) is 1.78. The smallest absolute Gasteiger partial charge is 0.344 e. The Labute approximate surface area is 87.9 Å². The van der Waals surface area contributed by atoms with Crippen LogP contribution in [-0.2, 0) is 0 Å². The van der Waals surface area contributed by atoms with Crippen molar-refractivity contribution in [2.45, 2.75) is 6.92 Å². The summed E-state index contributed by atoms with van der Waals surface area (Å²) in [5, 5.41) is 6.26. The largest absolute Gasteiger partial charge is 0.363 e. The number of aromatic nitrogens is 3. The van der Waals surface area contributed by atoms with Crippen molar-refractivity contribution in [2.75, 3.05) is 38.1 Å². The summed E-state index contributed by atoms with van der Waals surface area (Å²) >= 11 is 0. The van der Waals surface area contributed by atoms with Crippen LogP contribution in [0.15, 0.2) is 4.79 Å². The van der Waals surface area contributed by atoms with Gasteiger partial charge in [0.15, 0.2) is 5.82 Å². The molecule has 0 bridgehead atoms. The average Bonchev–Trinajstić information content (AvgIpc) is 2.23. The maximum absolute atomic E-state index is 11.1. The van der Waals surface area contributed by atoms with Gasteiger partial charge in [-0.2, -0.15) is 10.1 Å². The third kappa shape index (κ3) is 2.15. The zero-order valence-electron chi connectivity index (χ0n) is 9.08. The molecule has 0 amide bonds. The Morgan fingerprint density at radius 1 is 1.40 bits per heavy atom. The summed E-state index contributed by atoms with van der Waals surface area (Å²) in [4.78, 5) is 18.7. The van der Waals surface area contributed by atoms with E-state index >= 15 is 0 Å². The van der Waals surface area contributed by atoms with Crippen LogP contribution in [0, 0.1) is 6.92 Å². The molecule has 0 saturated carbocycles.